The van der Waals surface area contributed by atoms with Gasteiger partial charge in [-0.15, -0.1) is 0 Å². The highest BCUT2D eigenvalue weighted by molar-refractivity contribution is 5.77. The zero-order valence-corrected chi connectivity index (χ0v) is 13.3. The number of nitrogens with zero attached hydrogens (tertiary/aromatic N) is 2. The average Bonchev–Trinajstić information content (AvgIpc) is 2.62. The van der Waals surface area contributed by atoms with Crippen LogP contribution in [0.4, 0.5) is 0 Å². The number of carbonyl (C=O) groups is 1. The second-order valence-electron chi connectivity index (χ2n) is 6.23. The Bertz CT molecular complexity index is 830. The van der Waals surface area contributed by atoms with Gasteiger partial charge in [0.1, 0.15) is 0 Å². The highest BCUT2D eigenvalue weighted by Crippen LogP contribution is 2.30. The van der Waals surface area contributed by atoms with Crippen molar-refractivity contribution in [2.75, 3.05) is 13.2 Å². The van der Waals surface area contributed by atoms with Gasteiger partial charge >= 0.3 is 0 Å². The average molecular weight is 325 g/mol. The Labute approximate surface area is 139 Å². The maximum atomic E-state index is 12.7. The Kier molecular flexibility index (Phi) is 3.90. The number of fused-ring (bicyclic) bond motifs is 2. The number of aromatic nitrogens is 2. The molecular formula is C18H19N3O3. The van der Waals surface area contributed by atoms with Crippen molar-refractivity contribution < 1.29 is 9.53 Å². The van der Waals surface area contributed by atoms with E-state index in [0.29, 0.717) is 43.8 Å². The summed E-state index contributed by atoms with van der Waals surface area (Å²) >= 11 is 0. The SMILES string of the molecule is O=C(CC1OCCc2ccccc21)N1CCc2c(nc[nH]c2=O)C1. The van der Waals surface area contributed by atoms with Crippen molar-refractivity contribution >= 4 is 5.91 Å². The van der Waals surface area contributed by atoms with E-state index in [1.54, 1.807) is 4.90 Å². The van der Waals surface area contributed by atoms with Gasteiger partial charge in [0.25, 0.3) is 5.56 Å². The molecule has 1 aromatic carbocycles. The number of aromatic amines is 1. The van der Waals surface area contributed by atoms with Crippen molar-refractivity contribution in [3.05, 3.63) is 63.3 Å². The summed E-state index contributed by atoms with van der Waals surface area (Å²) in [6.45, 7) is 1.59. The zero-order valence-electron chi connectivity index (χ0n) is 13.3. The van der Waals surface area contributed by atoms with Crippen molar-refractivity contribution in [1.29, 1.82) is 0 Å². The molecule has 0 bridgehead atoms. The van der Waals surface area contributed by atoms with Gasteiger partial charge in [-0.05, 0) is 24.0 Å². The summed E-state index contributed by atoms with van der Waals surface area (Å²) in [6, 6.07) is 8.15. The molecule has 2 aliphatic heterocycles. The minimum Gasteiger partial charge on any atom is -0.373 e. The first-order valence-electron chi connectivity index (χ1n) is 8.25. The molecule has 0 fully saturated rings. The normalized spacial score (nSPS) is 19.5. The van der Waals surface area contributed by atoms with Crippen LogP contribution < -0.4 is 5.56 Å². The first-order valence-corrected chi connectivity index (χ1v) is 8.25. The van der Waals surface area contributed by atoms with E-state index in [1.165, 1.54) is 11.9 Å². The summed E-state index contributed by atoms with van der Waals surface area (Å²) in [4.78, 5) is 33.1. The number of benzene rings is 1. The van der Waals surface area contributed by atoms with Gasteiger partial charge in [-0.25, -0.2) is 4.98 Å². The fraction of sp³-hybridized carbons (Fsp3) is 0.389. The summed E-state index contributed by atoms with van der Waals surface area (Å²) < 4.78 is 5.84. The van der Waals surface area contributed by atoms with E-state index in [-0.39, 0.29) is 17.6 Å². The first kappa shape index (κ1) is 15.1. The zero-order chi connectivity index (χ0) is 16.5. The van der Waals surface area contributed by atoms with E-state index < -0.39 is 0 Å². The third-order valence-corrected chi connectivity index (χ3v) is 4.82. The molecule has 6 heteroatoms. The van der Waals surface area contributed by atoms with Crippen LogP contribution in [0.2, 0.25) is 0 Å². The Morgan fingerprint density at radius 1 is 1.33 bits per heavy atom. The molecule has 6 nitrogen and oxygen atoms in total. The van der Waals surface area contributed by atoms with E-state index in [1.807, 2.05) is 18.2 Å². The molecule has 24 heavy (non-hydrogen) atoms. The molecule has 0 radical (unpaired) electrons. The number of nitrogens with one attached hydrogen (secondary N) is 1. The summed E-state index contributed by atoms with van der Waals surface area (Å²) in [6.07, 6.45) is 2.98. The van der Waals surface area contributed by atoms with Crippen LogP contribution >= 0.6 is 0 Å². The largest absolute Gasteiger partial charge is 0.373 e. The van der Waals surface area contributed by atoms with Gasteiger partial charge in [-0.1, -0.05) is 24.3 Å². The molecule has 1 unspecified atom stereocenters. The number of hydrogen-bond acceptors (Lipinski definition) is 4. The molecule has 4 rings (SSSR count). The Hall–Kier alpha value is -2.47. The van der Waals surface area contributed by atoms with Crippen molar-refractivity contribution in [2.45, 2.75) is 31.9 Å². The second kappa shape index (κ2) is 6.20. The van der Waals surface area contributed by atoms with E-state index in [4.69, 9.17) is 4.74 Å². The fourth-order valence-corrected chi connectivity index (χ4v) is 3.51. The van der Waals surface area contributed by atoms with Gasteiger partial charge < -0.3 is 14.6 Å². The molecule has 2 aliphatic rings. The van der Waals surface area contributed by atoms with Crippen molar-refractivity contribution in [1.82, 2.24) is 14.9 Å². The highest BCUT2D eigenvalue weighted by atomic mass is 16.5. The number of H-pyrrole nitrogens is 1. The Balaban J connectivity index is 1.49. The van der Waals surface area contributed by atoms with Crippen molar-refractivity contribution in [2.24, 2.45) is 0 Å². The summed E-state index contributed by atoms with van der Waals surface area (Å²) in [7, 11) is 0. The van der Waals surface area contributed by atoms with Gasteiger partial charge in [0.15, 0.2) is 0 Å². The van der Waals surface area contributed by atoms with E-state index in [2.05, 4.69) is 16.0 Å². The van der Waals surface area contributed by atoms with Crippen LogP contribution in [0.1, 0.15) is 34.9 Å². The predicted molar refractivity (Wildman–Crippen MR) is 87.4 cm³/mol. The van der Waals surface area contributed by atoms with Gasteiger partial charge in [-0.2, -0.15) is 0 Å². The lowest BCUT2D eigenvalue weighted by Crippen LogP contribution is -2.39. The number of ether oxygens (including phenoxy) is 1. The van der Waals surface area contributed by atoms with Gasteiger partial charge in [0.05, 0.1) is 37.7 Å². The lowest BCUT2D eigenvalue weighted by molar-refractivity contribution is -0.135. The molecule has 1 N–H and O–H groups in total. The molecule has 124 valence electrons. The van der Waals surface area contributed by atoms with E-state index >= 15 is 0 Å². The standard InChI is InChI=1S/C18H19N3O3/c22-17(9-16-13-4-2-1-3-12(13)6-8-24-16)21-7-5-14-15(10-21)19-11-20-18(14)23/h1-4,11,16H,5-10H2,(H,19,20,23). The second-order valence-corrected chi connectivity index (χ2v) is 6.23. The molecule has 2 aromatic rings. The maximum absolute atomic E-state index is 12.7. The molecule has 1 aromatic heterocycles. The van der Waals surface area contributed by atoms with Gasteiger partial charge in [-0.3, -0.25) is 9.59 Å². The maximum Gasteiger partial charge on any atom is 0.254 e. The molecule has 0 aliphatic carbocycles. The van der Waals surface area contributed by atoms with Crippen LogP contribution in [0, 0.1) is 0 Å². The smallest absolute Gasteiger partial charge is 0.254 e. The van der Waals surface area contributed by atoms with Crippen LogP contribution in [0.3, 0.4) is 0 Å². The van der Waals surface area contributed by atoms with Crippen LogP contribution in [-0.2, 0) is 28.9 Å². The number of hydrogen-bond donors (Lipinski definition) is 1. The minimum absolute atomic E-state index is 0.0458. The molecule has 0 saturated heterocycles. The number of rotatable bonds is 2. The van der Waals surface area contributed by atoms with E-state index in [9.17, 15) is 9.59 Å². The molecule has 3 heterocycles. The van der Waals surface area contributed by atoms with Crippen molar-refractivity contribution in [3.63, 3.8) is 0 Å². The lowest BCUT2D eigenvalue weighted by atomic mass is 9.95. The summed E-state index contributed by atoms with van der Waals surface area (Å²) in [5.74, 6) is 0.0458. The Morgan fingerprint density at radius 3 is 3.12 bits per heavy atom. The minimum atomic E-state index is -0.184. The topological polar surface area (TPSA) is 75.3 Å². The third kappa shape index (κ3) is 2.73. The van der Waals surface area contributed by atoms with Gasteiger partial charge in [0.2, 0.25) is 5.91 Å². The summed E-state index contributed by atoms with van der Waals surface area (Å²) in [5.41, 5.74) is 3.67. The van der Waals surface area contributed by atoms with Crippen LogP contribution in [0.25, 0.3) is 0 Å². The predicted octanol–water partition coefficient (Wildman–Crippen LogP) is 1.36. The first-order chi connectivity index (χ1) is 11.7. The molecule has 0 saturated carbocycles. The van der Waals surface area contributed by atoms with Crippen LogP contribution in [0.15, 0.2) is 35.4 Å². The molecule has 0 spiro atoms. The highest BCUT2D eigenvalue weighted by Gasteiger charge is 2.28. The van der Waals surface area contributed by atoms with Crippen LogP contribution in [0.5, 0.6) is 0 Å². The Morgan fingerprint density at radius 2 is 2.21 bits per heavy atom. The van der Waals surface area contributed by atoms with Crippen molar-refractivity contribution in [3.8, 4) is 0 Å². The molecule has 1 atom stereocenters. The third-order valence-electron chi connectivity index (χ3n) is 4.82. The molecule has 1 amide bonds. The van der Waals surface area contributed by atoms with Crippen LogP contribution in [-0.4, -0.2) is 33.9 Å². The van der Waals surface area contributed by atoms with E-state index in [0.717, 1.165) is 12.0 Å². The molecular weight excluding hydrogens is 306 g/mol. The monoisotopic (exact) mass is 325 g/mol. The number of carbonyl (C=O) groups excluding carboxylic acids is 1. The quantitative estimate of drug-likeness (QED) is 0.904. The lowest BCUT2D eigenvalue weighted by Gasteiger charge is -2.31. The number of amides is 1. The van der Waals surface area contributed by atoms with Gasteiger partial charge in [0, 0.05) is 12.1 Å². The summed E-state index contributed by atoms with van der Waals surface area (Å²) in [5, 5.41) is 0. The fourth-order valence-electron chi connectivity index (χ4n) is 3.51.